The van der Waals surface area contributed by atoms with Crippen molar-refractivity contribution in [3.63, 3.8) is 0 Å². The summed E-state index contributed by atoms with van der Waals surface area (Å²) >= 11 is 0. The van der Waals surface area contributed by atoms with Crippen LogP contribution in [0, 0.1) is 6.92 Å². The lowest BCUT2D eigenvalue weighted by molar-refractivity contribution is 0.341. The van der Waals surface area contributed by atoms with Gasteiger partial charge in [0.15, 0.2) is 0 Å². The van der Waals surface area contributed by atoms with Gasteiger partial charge in [0.1, 0.15) is 41.9 Å². The topological polar surface area (TPSA) is 99.0 Å². The maximum Gasteiger partial charge on any atom is 0.237 e. The number of aryl methyl sites for hydroxylation is 1. The summed E-state index contributed by atoms with van der Waals surface area (Å²) in [4.78, 5) is 12.2. The maximum absolute atomic E-state index is 12.2. The number of nitrogens with one attached hydrogen (secondary N) is 1. The van der Waals surface area contributed by atoms with Gasteiger partial charge < -0.3 is 4.74 Å². The normalized spacial score (nSPS) is 11.2. The number of benzene rings is 1. The molecule has 2 heterocycles. The molecule has 0 spiro atoms. The molecule has 3 rings (SSSR count). The molecule has 1 aromatic carbocycles. The number of para-hydroxylation sites is 1. The average molecular weight is 359 g/mol. The molecule has 0 aliphatic carbocycles. The number of imidazole rings is 1. The highest BCUT2D eigenvalue weighted by Gasteiger charge is 2.13. The fraction of sp³-hybridized carbons (Fsp3) is 0.188. The fourth-order valence-electron chi connectivity index (χ4n) is 2.15. The van der Waals surface area contributed by atoms with Crippen molar-refractivity contribution in [3.8, 4) is 11.6 Å². The van der Waals surface area contributed by atoms with Gasteiger partial charge in [-0.15, -0.1) is 0 Å². The SMILES string of the molecule is Cc1nccn1-c1cc(NS(=O)(=O)CCOc2ccccc2)ncn1. The summed E-state index contributed by atoms with van der Waals surface area (Å²) in [6.07, 6.45) is 4.68. The molecule has 0 saturated heterocycles. The number of rotatable bonds is 7. The molecule has 9 heteroatoms. The van der Waals surface area contributed by atoms with Crippen molar-refractivity contribution >= 4 is 15.8 Å². The highest BCUT2D eigenvalue weighted by molar-refractivity contribution is 7.92. The fourth-order valence-corrected chi connectivity index (χ4v) is 2.99. The molecular weight excluding hydrogens is 342 g/mol. The second-order valence-electron chi connectivity index (χ2n) is 5.19. The van der Waals surface area contributed by atoms with Crippen molar-refractivity contribution in [1.82, 2.24) is 19.5 Å². The van der Waals surface area contributed by atoms with Gasteiger partial charge in [-0.25, -0.2) is 23.4 Å². The molecule has 2 aromatic heterocycles. The van der Waals surface area contributed by atoms with Crippen molar-refractivity contribution in [2.24, 2.45) is 0 Å². The van der Waals surface area contributed by atoms with Gasteiger partial charge in [0.05, 0.1) is 0 Å². The predicted molar refractivity (Wildman–Crippen MR) is 93.2 cm³/mol. The summed E-state index contributed by atoms with van der Waals surface area (Å²) in [5.74, 6) is 1.90. The van der Waals surface area contributed by atoms with E-state index < -0.39 is 10.0 Å². The molecule has 25 heavy (non-hydrogen) atoms. The Morgan fingerprint density at radius 2 is 1.96 bits per heavy atom. The molecule has 0 amide bonds. The number of nitrogens with zero attached hydrogens (tertiary/aromatic N) is 4. The van der Waals surface area contributed by atoms with E-state index in [0.29, 0.717) is 11.6 Å². The van der Waals surface area contributed by atoms with Crippen LogP contribution in [0.25, 0.3) is 5.82 Å². The van der Waals surface area contributed by atoms with Gasteiger partial charge in [-0.05, 0) is 19.1 Å². The number of hydrogen-bond acceptors (Lipinski definition) is 6. The van der Waals surface area contributed by atoms with Gasteiger partial charge in [-0.2, -0.15) is 0 Å². The van der Waals surface area contributed by atoms with Crippen molar-refractivity contribution in [2.75, 3.05) is 17.1 Å². The highest BCUT2D eigenvalue weighted by atomic mass is 32.2. The average Bonchev–Trinajstić information content (AvgIpc) is 3.01. The zero-order valence-corrected chi connectivity index (χ0v) is 14.3. The van der Waals surface area contributed by atoms with Crippen LogP contribution in [0.2, 0.25) is 0 Å². The van der Waals surface area contributed by atoms with Crippen LogP contribution in [0.1, 0.15) is 5.82 Å². The Hall–Kier alpha value is -2.94. The summed E-state index contributed by atoms with van der Waals surface area (Å²) in [6, 6.07) is 10.6. The van der Waals surface area contributed by atoms with Crippen LogP contribution < -0.4 is 9.46 Å². The maximum atomic E-state index is 12.2. The minimum atomic E-state index is -3.59. The van der Waals surface area contributed by atoms with Gasteiger partial charge in [-0.3, -0.25) is 9.29 Å². The van der Waals surface area contributed by atoms with Crippen LogP contribution in [0.15, 0.2) is 55.1 Å². The second kappa shape index (κ2) is 7.31. The molecule has 0 bridgehead atoms. The van der Waals surface area contributed by atoms with E-state index in [4.69, 9.17) is 4.74 Å². The van der Waals surface area contributed by atoms with Crippen molar-refractivity contribution in [1.29, 1.82) is 0 Å². The summed E-state index contributed by atoms with van der Waals surface area (Å²) in [7, 11) is -3.59. The number of sulfonamides is 1. The molecule has 1 N–H and O–H groups in total. The quantitative estimate of drug-likeness (QED) is 0.690. The van der Waals surface area contributed by atoms with Crippen molar-refractivity contribution in [2.45, 2.75) is 6.92 Å². The first kappa shape index (κ1) is 16.9. The number of aromatic nitrogens is 4. The minimum Gasteiger partial charge on any atom is -0.492 e. The third-order valence-corrected chi connectivity index (χ3v) is 4.57. The van der Waals surface area contributed by atoms with E-state index in [1.165, 1.54) is 6.33 Å². The van der Waals surface area contributed by atoms with E-state index in [2.05, 4.69) is 19.7 Å². The molecular formula is C16H17N5O3S. The van der Waals surface area contributed by atoms with E-state index >= 15 is 0 Å². The van der Waals surface area contributed by atoms with Gasteiger partial charge in [-0.1, -0.05) is 18.2 Å². The minimum absolute atomic E-state index is 0.0396. The monoisotopic (exact) mass is 359 g/mol. The Balaban J connectivity index is 1.64. The van der Waals surface area contributed by atoms with Crippen LogP contribution >= 0.6 is 0 Å². The summed E-state index contributed by atoms with van der Waals surface area (Å²) in [5.41, 5.74) is 0. The number of hydrogen-bond donors (Lipinski definition) is 1. The smallest absolute Gasteiger partial charge is 0.237 e. The standard InChI is InChI=1S/C16H17N5O3S/c1-13-17-7-8-21(13)16-11-15(18-12-19-16)20-25(22,23)10-9-24-14-5-3-2-4-6-14/h2-8,11-12H,9-10H2,1H3,(H,18,19,20). The molecule has 8 nitrogen and oxygen atoms in total. The first-order valence-corrected chi connectivity index (χ1v) is 9.19. The van der Waals surface area contributed by atoms with Crippen LogP contribution in [0.3, 0.4) is 0 Å². The molecule has 3 aromatic rings. The first-order chi connectivity index (χ1) is 12.0. The van der Waals surface area contributed by atoms with Crippen molar-refractivity contribution in [3.05, 3.63) is 60.9 Å². The Morgan fingerprint density at radius 3 is 2.68 bits per heavy atom. The lowest BCUT2D eigenvalue weighted by Crippen LogP contribution is -2.22. The molecule has 130 valence electrons. The Morgan fingerprint density at radius 1 is 1.16 bits per heavy atom. The lowest BCUT2D eigenvalue weighted by atomic mass is 10.3. The zero-order chi connectivity index (χ0) is 17.7. The van der Waals surface area contributed by atoms with Crippen LogP contribution in [0.5, 0.6) is 5.75 Å². The third kappa shape index (κ3) is 4.54. The highest BCUT2D eigenvalue weighted by Crippen LogP contribution is 2.13. The van der Waals surface area contributed by atoms with Gasteiger partial charge in [0.25, 0.3) is 0 Å². The van der Waals surface area contributed by atoms with Gasteiger partial charge >= 0.3 is 0 Å². The molecule has 0 unspecified atom stereocenters. The zero-order valence-electron chi connectivity index (χ0n) is 13.5. The number of anilines is 1. The van der Waals surface area contributed by atoms with Crippen LogP contribution in [0.4, 0.5) is 5.82 Å². The second-order valence-corrected chi connectivity index (χ2v) is 7.03. The molecule has 0 aliphatic heterocycles. The molecule has 0 aliphatic rings. The van der Waals surface area contributed by atoms with Crippen LogP contribution in [-0.2, 0) is 10.0 Å². The number of ether oxygens (including phenoxy) is 1. The van der Waals surface area contributed by atoms with E-state index in [9.17, 15) is 8.42 Å². The Kier molecular flexibility index (Phi) is 4.94. The van der Waals surface area contributed by atoms with Gasteiger partial charge in [0.2, 0.25) is 10.0 Å². The van der Waals surface area contributed by atoms with Crippen molar-refractivity contribution < 1.29 is 13.2 Å². The molecule has 0 saturated carbocycles. The Labute approximate surface area is 145 Å². The Bertz CT molecular complexity index is 941. The van der Waals surface area contributed by atoms with Gasteiger partial charge in [0, 0.05) is 18.5 Å². The molecule has 0 fully saturated rings. The molecule has 0 radical (unpaired) electrons. The van der Waals surface area contributed by atoms with Crippen LogP contribution in [-0.4, -0.2) is 40.3 Å². The van der Waals surface area contributed by atoms with E-state index in [-0.39, 0.29) is 18.2 Å². The van der Waals surface area contributed by atoms with E-state index in [1.807, 2.05) is 25.1 Å². The first-order valence-electron chi connectivity index (χ1n) is 7.54. The summed E-state index contributed by atoms with van der Waals surface area (Å²) in [6.45, 7) is 1.87. The predicted octanol–water partition coefficient (Wildman–Crippen LogP) is 1.79. The van der Waals surface area contributed by atoms with E-state index in [1.54, 1.807) is 35.2 Å². The summed E-state index contributed by atoms with van der Waals surface area (Å²) in [5, 5.41) is 0. The third-order valence-electron chi connectivity index (χ3n) is 3.35. The largest absolute Gasteiger partial charge is 0.492 e. The lowest BCUT2D eigenvalue weighted by Gasteiger charge is -2.10. The molecule has 0 atom stereocenters. The summed E-state index contributed by atoms with van der Waals surface area (Å²) < 4.78 is 33.9. The van der Waals surface area contributed by atoms with E-state index in [0.717, 1.165) is 5.82 Å².